The van der Waals surface area contributed by atoms with E-state index in [1.807, 2.05) is 13.8 Å². The molecule has 0 aromatic carbocycles. The molecule has 1 saturated heterocycles. The van der Waals surface area contributed by atoms with Crippen LogP contribution in [0, 0.1) is 0 Å². The molecule has 0 aromatic heterocycles. The fourth-order valence-electron chi connectivity index (χ4n) is 3.70. The Morgan fingerprint density at radius 1 is 0.800 bits per heavy atom. The van der Waals surface area contributed by atoms with Gasteiger partial charge in [0.1, 0.15) is 12.2 Å². The van der Waals surface area contributed by atoms with Crippen LogP contribution in [-0.2, 0) is 9.47 Å². The molecule has 0 saturated carbocycles. The van der Waals surface area contributed by atoms with E-state index in [1.165, 1.54) is 70.6 Å². The molecular weight excluding hydrogens is 316 g/mol. The molecule has 0 aliphatic carbocycles. The second-order valence-electron chi connectivity index (χ2n) is 8.07. The van der Waals surface area contributed by atoms with E-state index in [-0.39, 0.29) is 12.7 Å². The Morgan fingerprint density at radius 2 is 1.28 bits per heavy atom. The average Bonchev–Trinajstić information content (AvgIpc) is 2.90. The summed E-state index contributed by atoms with van der Waals surface area (Å²) in [5.41, 5.74) is 0. The van der Waals surface area contributed by atoms with Crippen LogP contribution in [0.5, 0.6) is 0 Å². The standard InChI is InChI=1S/C21H42O4/c1-4-5-6-7-8-9-10-11-12-13-14-15-16-19-20(18(23)17-22)25-21(2,3)24-19/h18-20,22-23H,4-17H2,1-3H3/t18-,19+,20-/m0/s1. The molecule has 1 heterocycles. The maximum atomic E-state index is 9.90. The number of aliphatic hydroxyl groups excluding tert-OH is 2. The highest BCUT2D eigenvalue weighted by atomic mass is 16.8. The quantitative estimate of drug-likeness (QED) is 0.407. The number of ether oxygens (including phenoxy) is 2. The highest BCUT2D eigenvalue weighted by Crippen LogP contribution is 2.32. The van der Waals surface area contributed by atoms with Gasteiger partial charge in [0.2, 0.25) is 0 Å². The van der Waals surface area contributed by atoms with Gasteiger partial charge in [0, 0.05) is 0 Å². The van der Waals surface area contributed by atoms with Crippen LogP contribution in [0.1, 0.15) is 104 Å². The summed E-state index contributed by atoms with van der Waals surface area (Å²) in [5.74, 6) is -0.664. The monoisotopic (exact) mass is 358 g/mol. The lowest BCUT2D eigenvalue weighted by atomic mass is 10.0. The van der Waals surface area contributed by atoms with E-state index in [9.17, 15) is 10.2 Å². The molecule has 0 bridgehead atoms. The first-order valence-electron chi connectivity index (χ1n) is 10.6. The summed E-state index contributed by atoms with van der Waals surface area (Å²) in [7, 11) is 0. The predicted molar refractivity (Wildman–Crippen MR) is 103 cm³/mol. The zero-order valence-electron chi connectivity index (χ0n) is 16.8. The third-order valence-electron chi connectivity index (χ3n) is 5.13. The molecule has 0 radical (unpaired) electrons. The van der Waals surface area contributed by atoms with E-state index in [1.54, 1.807) is 0 Å². The van der Waals surface area contributed by atoms with Crippen molar-refractivity contribution in [1.29, 1.82) is 0 Å². The number of hydrogen-bond acceptors (Lipinski definition) is 4. The van der Waals surface area contributed by atoms with E-state index < -0.39 is 18.0 Å². The fraction of sp³-hybridized carbons (Fsp3) is 1.00. The minimum absolute atomic E-state index is 0.111. The molecule has 1 rings (SSSR count). The van der Waals surface area contributed by atoms with Crippen molar-refractivity contribution in [2.75, 3.05) is 6.61 Å². The van der Waals surface area contributed by atoms with Gasteiger partial charge in [0.15, 0.2) is 5.79 Å². The van der Waals surface area contributed by atoms with Crippen LogP contribution < -0.4 is 0 Å². The fourth-order valence-corrected chi connectivity index (χ4v) is 3.70. The summed E-state index contributed by atoms with van der Waals surface area (Å²) in [5, 5.41) is 19.1. The van der Waals surface area contributed by atoms with Crippen LogP contribution in [0.4, 0.5) is 0 Å². The Morgan fingerprint density at radius 3 is 1.76 bits per heavy atom. The average molecular weight is 359 g/mol. The lowest BCUT2D eigenvalue weighted by Crippen LogP contribution is -2.37. The maximum absolute atomic E-state index is 9.90. The smallest absolute Gasteiger partial charge is 0.163 e. The van der Waals surface area contributed by atoms with Crippen molar-refractivity contribution in [2.45, 2.75) is 128 Å². The van der Waals surface area contributed by atoms with E-state index in [0.717, 1.165) is 12.8 Å². The van der Waals surface area contributed by atoms with E-state index in [2.05, 4.69) is 6.92 Å². The van der Waals surface area contributed by atoms with Gasteiger partial charge in [-0.2, -0.15) is 0 Å². The molecule has 3 atom stereocenters. The summed E-state index contributed by atoms with van der Waals surface area (Å²) >= 11 is 0. The Balaban J connectivity index is 2.00. The highest BCUT2D eigenvalue weighted by molar-refractivity contribution is 4.86. The van der Waals surface area contributed by atoms with Gasteiger partial charge in [-0.05, 0) is 20.3 Å². The number of unbranched alkanes of at least 4 members (excludes halogenated alkanes) is 11. The molecule has 1 fully saturated rings. The van der Waals surface area contributed by atoms with Crippen molar-refractivity contribution in [1.82, 2.24) is 0 Å². The van der Waals surface area contributed by atoms with Crippen LogP contribution in [0.25, 0.3) is 0 Å². The van der Waals surface area contributed by atoms with Gasteiger partial charge in [-0.1, -0.05) is 84.0 Å². The first kappa shape index (κ1) is 22.9. The molecule has 4 heteroatoms. The van der Waals surface area contributed by atoms with Gasteiger partial charge in [0.05, 0.1) is 12.7 Å². The molecule has 2 N–H and O–H groups in total. The molecule has 0 aromatic rings. The molecule has 4 nitrogen and oxygen atoms in total. The maximum Gasteiger partial charge on any atom is 0.163 e. The highest BCUT2D eigenvalue weighted by Gasteiger charge is 2.43. The number of hydrogen-bond donors (Lipinski definition) is 2. The first-order valence-corrected chi connectivity index (χ1v) is 10.6. The van der Waals surface area contributed by atoms with Crippen LogP contribution in [0.15, 0.2) is 0 Å². The SMILES string of the molecule is CCCCCCCCCCCCCC[C@H]1OC(C)(C)O[C@H]1[C@@H](O)CO. The first-order chi connectivity index (χ1) is 12.0. The van der Waals surface area contributed by atoms with Crippen molar-refractivity contribution < 1.29 is 19.7 Å². The second kappa shape index (κ2) is 13.1. The van der Waals surface area contributed by atoms with Crippen LogP contribution in [0.2, 0.25) is 0 Å². The van der Waals surface area contributed by atoms with Crippen LogP contribution >= 0.6 is 0 Å². The van der Waals surface area contributed by atoms with Gasteiger partial charge >= 0.3 is 0 Å². The zero-order chi connectivity index (χ0) is 18.5. The van der Waals surface area contributed by atoms with Gasteiger partial charge in [-0.15, -0.1) is 0 Å². The molecule has 0 spiro atoms. The van der Waals surface area contributed by atoms with E-state index >= 15 is 0 Å². The van der Waals surface area contributed by atoms with Gasteiger partial charge in [0.25, 0.3) is 0 Å². The van der Waals surface area contributed by atoms with Crippen molar-refractivity contribution in [3.63, 3.8) is 0 Å². The molecule has 25 heavy (non-hydrogen) atoms. The Labute approximate surface area is 155 Å². The summed E-state index contributed by atoms with van der Waals surface area (Å²) in [6.45, 7) is 5.72. The zero-order valence-corrected chi connectivity index (χ0v) is 16.8. The normalized spacial score (nSPS) is 23.9. The largest absolute Gasteiger partial charge is 0.394 e. The molecule has 150 valence electrons. The minimum atomic E-state index is -0.857. The molecule has 1 aliphatic rings. The minimum Gasteiger partial charge on any atom is -0.394 e. The van der Waals surface area contributed by atoms with Crippen molar-refractivity contribution >= 4 is 0 Å². The summed E-state index contributed by atoms with van der Waals surface area (Å²) in [4.78, 5) is 0. The molecule has 1 aliphatic heterocycles. The number of rotatable bonds is 15. The third kappa shape index (κ3) is 9.93. The number of aliphatic hydroxyl groups is 2. The van der Waals surface area contributed by atoms with Crippen molar-refractivity contribution in [3.05, 3.63) is 0 Å². The van der Waals surface area contributed by atoms with Crippen molar-refractivity contribution in [3.8, 4) is 0 Å². The Kier molecular flexibility index (Phi) is 12.0. The van der Waals surface area contributed by atoms with Gasteiger partial charge < -0.3 is 19.7 Å². The van der Waals surface area contributed by atoms with E-state index in [4.69, 9.17) is 9.47 Å². The molecule has 0 unspecified atom stereocenters. The Hall–Kier alpha value is -0.160. The third-order valence-corrected chi connectivity index (χ3v) is 5.13. The summed E-state index contributed by atoms with van der Waals surface area (Å²) < 4.78 is 11.6. The molecular formula is C21H42O4. The lowest BCUT2D eigenvalue weighted by Gasteiger charge is -2.20. The van der Waals surface area contributed by atoms with Gasteiger partial charge in [-0.25, -0.2) is 0 Å². The molecule has 0 amide bonds. The second-order valence-corrected chi connectivity index (χ2v) is 8.07. The van der Waals surface area contributed by atoms with Crippen LogP contribution in [0.3, 0.4) is 0 Å². The van der Waals surface area contributed by atoms with Crippen LogP contribution in [-0.4, -0.2) is 40.9 Å². The Bertz CT molecular complexity index is 319. The van der Waals surface area contributed by atoms with Gasteiger partial charge in [-0.3, -0.25) is 0 Å². The summed E-state index contributed by atoms with van der Waals surface area (Å²) in [6.07, 6.45) is 15.5. The summed E-state index contributed by atoms with van der Waals surface area (Å²) in [6, 6.07) is 0. The predicted octanol–water partition coefficient (Wildman–Crippen LogP) is 4.95. The topological polar surface area (TPSA) is 58.9 Å². The lowest BCUT2D eigenvalue weighted by molar-refractivity contribution is -0.157. The van der Waals surface area contributed by atoms with E-state index in [0.29, 0.717) is 0 Å². The van der Waals surface area contributed by atoms with Crippen molar-refractivity contribution in [2.24, 2.45) is 0 Å².